The lowest BCUT2D eigenvalue weighted by molar-refractivity contribution is -0.401. The molecule has 2 heterocycles. The summed E-state index contributed by atoms with van der Waals surface area (Å²) in [6.45, 7) is 6.06. The van der Waals surface area contributed by atoms with Crippen LogP contribution >= 0.6 is 45.2 Å². The quantitative estimate of drug-likeness (QED) is 0.153. The van der Waals surface area contributed by atoms with E-state index in [2.05, 4.69) is 88.9 Å². The Balaban J connectivity index is 1.60. The zero-order valence-electron chi connectivity index (χ0n) is 23.1. The molecule has 12 heteroatoms. The highest BCUT2D eigenvalue weighted by atomic mass is 127. The largest absolute Gasteiger partial charge is 0.347 e. The molecule has 2 aliphatic heterocycles. The first-order chi connectivity index (χ1) is 18.9. The molecule has 0 aliphatic carbocycles. The van der Waals surface area contributed by atoms with Crippen molar-refractivity contribution in [3.63, 3.8) is 0 Å². The number of hydrogen-bond acceptors (Lipinski definition) is 5. The molecule has 1 unspecified atom stereocenters. The van der Waals surface area contributed by atoms with Crippen molar-refractivity contribution in [2.24, 2.45) is 0 Å². The van der Waals surface area contributed by atoms with E-state index in [1.807, 2.05) is 18.2 Å². The number of fused-ring (bicyclic) bond motifs is 2. The topological polar surface area (TPSA) is 115 Å². The van der Waals surface area contributed by atoms with Crippen molar-refractivity contribution in [1.29, 1.82) is 0 Å². The summed E-state index contributed by atoms with van der Waals surface area (Å²) < 4.78 is 71.3. The van der Waals surface area contributed by atoms with Gasteiger partial charge in [-0.2, -0.15) is 21.4 Å². The van der Waals surface area contributed by atoms with Crippen molar-refractivity contribution in [2.75, 3.05) is 24.7 Å². The average molecular weight is 822 g/mol. The van der Waals surface area contributed by atoms with Crippen LogP contribution in [0.4, 0.5) is 11.4 Å². The molecule has 8 nitrogen and oxygen atoms in total. The number of allylic oxidation sites excluding steroid dienone is 8. The molecule has 2 aromatic carbocycles. The van der Waals surface area contributed by atoms with Crippen molar-refractivity contribution in [3.05, 3.63) is 96.8 Å². The van der Waals surface area contributed by atoms with Gasteiger partial charge in [-0.1, -0.05) is 30.4 Å². The van der Waals surface area contributed by atoms with Crippen LogP contribution < -0.4 is 4.90 Å². The Bertz CT molecular complexity index is 1810. The fraction of sp³-hybridized carbons (Fsp3) is 0.276. The Morgan fingerprint density at radius 2 is 1.59 bits per heavy atom. The van der Waals surface area contributed by atoms with Crippen LogP contribution in [0.25, 0.3) is 0 Å². The summed E-state index contributed by atoms with van der Waals surface area (Å²) in [7, 11) is -5.13. The SMILES string of the molecule is CN1\C(=C/C=C/C=C/C=C/C2=[N+](C)c3cc(I)cc(I)c3C2(C)C)C(C)(CS(=O)(=O)O)c2cc(S(=O)(=O)O)ccc21. The second kappa shape index (κ2) is 11.3. The number of anilines is 1. The molecule has 218 valence electrons. The lowest BCUT2D eigenvalue weighted by Gasteiger charge is -2.27. The predicted molar refractivity (Wildman–Crippen MR) is 180 cm³/mol. The average Bonchev–Trinajstić information content (AvgIpc) is 3.15. The molecule has 2 N–H and O–H groups in total. The molecular weight excluding hydrogens is 790 g/mol. The predicted octanol–water partition coefficient (Wildman–Crippen LogP) is 6.00. The fourth-order valence-electron chi connectivity index (χ4n) is 5.79. The van der Waals surface area contributed by atoms with Crippen LogP contribution in [0, 0.1) is 7.14 Å². The third kappa shape index (κ3) is 6.27. The van der Waals surface area contributed by atoms with E-state index in [-0.39, 0.29) is 10.3 Å². The fourth-order valence-corrected chi connectivity index (χ4v) is 9.81. The lowest BCUT2D eigenvalue weighted by atomic mass is 9.81. The summed E-state index contributed by atoms with van der Waals surface area (Å²) in [5, 5.41) is 0. The van der Waals surface area contributed by atoms with Gasteiger partial charge in [-0.15, -0.1) is 0 Å². The highest BCUT2D eigenvalue weighted by molar-refractivity contribution is 14.1. The zero-order chi connectivity index (χ0) is 30.5. The lowest BCUT2D eigenvalue weighted by Crippen LogP contribution is -2.33. The Morgan fingerprint density at radius 1 is 0.951 bits per heavy atom. The summed E-state index contributed by atoms with van der Waals surface area (Å²) in [5.74, 6) is -0.660. The number of nitrogens with zero attached hydrogens (tertiary/aromatic N) is 2. The van der Waals surface area contributed by atoms with Crippen molar-refractivity contribution >= 4 is 82.5 Å². The molecule has 1 atom stereocenters. The normalized spacial score (nSPS) is 21.7. The highest BCUT2D eigenvalue weighted by Gasteiger charge is 2.46. The molecule has 2 aromatic rings. The third-order valence-corrected chi connectivity index (χ3v) is 10.9. The van der Waals surface area contributed by atoms with Gasteiger partial charge in [-0.3, -0.25) is 9.11 Å². The molecular formula is C29H31I2N2O6S2+. The first-order valence-electron chi connectivity index (χ1n) is 12.5. The highest BCUT2D eigenvalue weighted by Crippen LogP contribution is 2.48. The van der Waals surface area contributed by atoms with E-state index in [1.54, 1.807) is 37.1 Å². The molecule has 2 aliphatic rings. The molecule has 0 fully saturated rings. The van der Waals surface area contributed by atoms with Gasteiger partial charge in [-0.05, 0) is 102 Å². The van der Waals surface area contributed by atoms with Crippen molar-refractivity contribution in [2.45, 2.75) is 36.5 Å². The first kappa shape index (κ1) is 32.1. The second-order valence-electron chi connectivity index (χ2n) is 10.8. The van der Waals surface area contributed by atoms with E-state index < -0.39 is 31.4 Å². The maximum atomic E-state index is 12.0. The minimum Gasteiger partial charge on any atom is -0.347 e. The van der Waals surface area contributed by atoms with Gasteiger partial charge in [0.05, 0.1) is 27.0 Å². The minimum absolute atomic E-state index is 0.148. The number of rotatable bonds is 7. The summed E-state index contributed by atoms with van der Waals surface area (Å²) in [4.78, 5) is 1.40. The van der Waals surface area contributed by atoms with E-state index >= 15 is 0 Å². The van der Waals surface area contributed by atoms with Crippen LogP contribution in [0.2, 0.25) is 0 Å². The maximum Gasteiger partial charge on any atom is 0.294 e. The molecule has 41 heavy (non-hydrogen) atoms. The minimum atomic E-state index is -4.50. The monoisotopic (exact) mass is 821 g/mol. The molecule has 0 saturated carbocycles. The van der Waals surface area contributed by atoms with Crippen LogP contribution in [0.1, 0.15) is 31.9 Å². The van der Waals surface area contributed by atoms with Gasteiger partial charge in [0.25, 0.3) is 20.2 Å². The van der Waals surface area contributed by atoms with Crippen molar-refractivity contribution < 1.29 is 30.5 Å². The second-order valence-corrected chi connectivity index (χ2v) is 16.1. The standard InChI is InChI=1S/C29H30I2N2O6S2/c1-28(2)25(33(5)24-16-19(30)15-22(31)27(24)28)11-9-7-6-8-10-12-26-29(3,18-40(34,35)36)21-17-20(41(37,38)39)13-14-23(21)32(26)4/h6-17H,18H2,1-5H3,(H-,34,35,36,37,38,39)/p+1. The van der Waals surface area contributed by atoms with Crippen LogP contribution in [-0.4, -0.2) is 56.1 Å². The first-order valence-corrected chi connectivity index (χ1v) is 17.7. The number of likely N-dealkylation sites (N-methyl/N-ethyl adjacent to an activating group) is 1. The van der Waals surface area contributed by atoms with Crippen LogP contribution in [0.15, 0.2) is 83.5 Å². The molecule has 0 spiro atoms. The number of halogens is 2. The smallest absolute Gasteiger partial charge is 0.294 e. The van der Waals surface area contributed by atoms with Crippen molar-refractivity contribution in [3.8, 4) is 0 Å². The maximum absolute atomic E-state index is 12.0. The van der Waals surface area contributed by atoms with Gasteiger partial charge in [0.1, 0.15) is 7.05 Å². The van der Waals surface area contributed by atoms with Crippen molar-refractivity contribution in [1.82, 2.24) is 0 Å². The number of benzene rings is 2. The zero-order valence-corrected chi connectivity index (χ0v) is 29.1. The van der Waals surface area contributed by atoms with E-state index in [0.29, 0.717) is 16.9 Å². The Kier molecular flexibility index (Phi) is 8.87. The van der Waals surface area contributed by atoms with Gasteiger partial charge in [0.2, 0.25) is 5.69 Å². The van der Waals surface area contributed by atoms with Gasteiger partial charge in [0.15, 0.2) is 5.71 Å². The van der Waals surface area contributed by atoms with Gasteiger partial charge < -0.3 is 4.90 Å². The molecule has 0 aromatic heterocycles. The van der Waals surface area contributed by atoms with Gasteiger partial charge in [-0.25, -0.2) is 0 Å². The molecule has 0 bridgehead atoms. The van der Waals surface area contributed by atoms with Crippen LogP contribution in [0.5, 0.6) is 0 Å². The van der Waals surface area contributed by atoms with E-state index in [0.717, 1.165) is 0 Å². The van der Waals surface area contributed by atoms with E-state index in [9.17, 15) is 25.9 Å². The molecule has 0 radical (unpaired) electrons. The Hall–Kier alpha value is -1.85. The summed E-state index contributed by atoms with van der Waals surface area (Å²) in [5.41, 5.74) is 3.79. The molecule has 0 saturated heterocycles. The van der Waals surface area contributed by atoms with Gasteiger partial charge in [0, 0.05) is 37.7 Å². The third-order valence-electron chi connectivity index (χ3n) is 7.59. The van der Waals surface area contributed by atoms with E-state index in [4.69, 9.17) is 0 Å². The summed E-state index contributed by atoms with van der Waals surface area (Å²) in [6.07, 6.45) is 13.1. The molecule has 0 amide bonds. The Morgan fingerprint density at radius 3 is 2.22 bits per heavy atom. The Labute approximate surface area is 269 Å². The summed E-state index contributed by atoms with van der Waals surface area (Å²) >= 11 is 4.74. The van der Waals surface area contributed by atoms with Crippen LogP contribution in [-0.2, 0) is 31.1 Å². The van der Waals surface area contributed by atoms with E-state index in [1.165, 1.54) is 42.3 Å². The summed E-state index contributed by atoms with van der Waals surface area (Å²) in [6, 6.07) is 8.41. The van der Waals surface area contributed by atoms with Crippen LogP contribution in [0.3, 0.4) is 0 Å². The number of hydrogen-bond donors (Lipinski definition) is 2. The molecule has 4 rings (SSSR count). The van der Waals surface area contributed by atoms with Gasteiger partial charge >= 0.3 is 0 Å².